The molecule has 4 nitrogen and oxygen atoms in total. The molecule has 138 valence electrons. The van der Waals surface area contributed by atoms with Crippen LogP contribution in [0.2, 0.25) is 6.04 Å². The number of nitrogens with zero attached hydrogens (tertiary/aromatic N) is 1. The van der Waals surface area contributed by atoms with Crippen molar-refractivity contribution < 1.29 is 13.3 Å². The lowest BCUT2D eigenvalue weighted by molar-refractivity contribution is 0.0710. The van der Waals surface area contributed by atoms with E-state index in [0.717, 1.165) is 19.0 Å². The van der Waals surface area contributed by atoms with Crippen LogP contribution < -0.4 is 0 Å². The second-order valence-electron chi connectivity index (χ2n) is 7.82. The van der Waals surface area contributed by atoms with Gasteiger partial charge in [-0.1, -0.05) is 41.5 Å². The third-order valence-electron chi connectivity index (χ3n) is 3.42. The van der Waals surface area contributed by atoms with Gasteiger partial charge in [0.25, 0.3) is 0 Å². The van der Waals surface area contributed by atoms with Gasteiger partial charge in [0.1, 0.15) is 0 Å². The highest BCUT2D eigenvalue weighted by atomic mass is 28.4. The Bertz CT molecular complexity index is 323. The number of hydrogen-bond acceptors (Lipinski definition) is 4. The Morgan fingerprint density at radius 1 is 0.783 bits per heavy atom. The summed E-state index contributed by atoms with van der Waals surface area (Å²) >= 11 is 0. The molecule has 5 heteroatoms. The third-order valence-corrected chi connectivity index (χ3v) is 6.58. The first-order valence-electron chi connectivity index (χ1n) is 8.99. The van der Waals surface area contributed by atoms with Crippen LogP contribution in [0.3, 0.4) is 0 Å². The maximum atomic E-state index is 5.90. The van der Waals surface area contributed by atoms with Crippen molar-refractivity contribution in [2.24, 2.45) is 15.8 Å². The topological polar surface area (TPSA) is 40.0 Å². The van der Waals surface area contributed by atoms with E-state index in [0.29, 0.717) is 19.8 Å². The average Bonchev–Trinajstić information content (AvgIpc) is 2.36. The molecule has 0 heterocycles. The molecule has 0 amide bonds. The smallest absolute Gasteiger partial charge is 0.374 e. The molecule has 0 aliphatic carbocycles. The Balaban J connectivity index is 4.89. The van der Waals surface area contributed by atoms with Crippen molar-refractivity contribution in [2.45, 2.75) is 74.8 Å². The summed E-state index contributed by atoms with van der Waals surface area (Å²) in [7, 11) is -2.53. The summed E-state index contributed by atoms with van der Waals surface area (Å²) in [5, 5.41) is 0. The molecule has 0 N–H and O–H groups in total. The van der Waals surface area contributed by atoms with Gasteiger partial charge >= 0.3 is 8.80 Å². The van der Waals surface area contributed by atoms with Crippen LogP contribution in [0.5, 0.6) is 0 Å². The van der Waals surface area contributed by atoms with Crippen molar-refractivity contribution in [1.29, 1.82) is 0 Å². The van der Waals surface area contributed by atoms with Crippen molar-refractivity contribution in [1.82, 2.24) is 0 Å². The molecule has 0 unspecified atom stereocenters. The minimum atomic E-state index is -2.53. The molecule has 0 radical (unpaired) electrons. The van der Waals surface area contributed by atoms with Gasteiger partial charge < -0.3 is 13.3 Å². The monoisotopic (exact) mass is 345 g/mol. The van der Waals surface area contributed by atoms with E-state index < -0.39 is 8.80 Å². The maximum Gasteiger partial charge on any atom is 0.500 e. The second kappa shape index (κ2) is 9.92. The molecule has 0 saturated heterocycles. The predicted molar refractivity (Wildman–Crippen MR) is 101 cm³/mol. The van der Waals surface area contributed by atoms with Gasteiger partial charge in [0.2, 0.25) is 0 Å². The van der Waals surface area contributed by atoms with Gasteiger partial charge in [0.05, 0.1) is 0 Å². The summed E-state index contributed by atoms with van der Waals surface area (Å²) in [5.41, 5.74) is 1.44. The van der Waals surface area contributed by atoms with E-state index in [1.165, 1.54) is 5.71 Å². The molecule has 0 atom stereocenters. The van der Waals surface area contributed by atoms with Crippen molar-refractivity contribution in [3.63, 3.8) is 0 Å². The van der Waals surface area contributed by atoms with Crippen LogP contribution in [0.25, 0.3) is 0 Å². The summed E-state index contributed by atoms with van der Waals surface area (Å²) < 4.78 is 17.7. The van der Waals surface area contributed by atoms with E-state index in [-0.39, 0.29) is 10.8 Å². The van der Waals surface area contributed by atoms with Crippen molar-refractivity contribution in [3.05, 3.63) is 0 Å². The fourth-order valence-corrected chi connectivity index (χ4v) is 5.68. The van der Waals surface area contributed by atoms with Crippen LogP contribution in [-0.2, 0) is 13.3 Å². The van der Waals surface area contributed by atoms with Gasteiger partial charge in [-0.3, -0.25) is 4.99 Å². The molecule has 0 saturated carbocycles. The van der Waals surface area contributed by atoms with E-state index in [4.69, 9.17) is 18.3 Å². The zero-order valence-electron chi connectivity index (χ0n) is 16.9. The summed E-state index contributed by atoms with van der Waals surface area (Å²) in [6.45, 7) is 22.1. The minimum absolute atomic E-state index is 0.0898. The van der Waals surface area contributed by atoms with Gasteiger partial charge in [0.15, 0.2) is 0 Å². The molecule has 0 aliphatic heterocycles. The first-order valence-corrected chi connectivity index (χ1v) is 10.9. The van der Waals surface area contributed by atoms with Crippen LogP contribution in [0.4, 0.5) is 0 Å². The van der Waals surface area contributed by atoms with Crippen molar-refractivity contribution >= 4 is 14.5 Å². The van der Waals surface area contributed by atoms with Crippen molar-refractivity contribution in [3.8, 4) is 0 Å². The van der Waals surface area contributed by atoms with Crippen LogP contribution in [-0.4, -0.2) is 40.9 Å². The average molecular weight is 346 g/mol. The Labute approximate surface area is 145 Å². The molecule has 0 bridgehead atoms. The molecular formula is C18H39NO3Si. The quantitative estimate of drug-likeness (QED) is 0.319. The number of aliphatic imine (C=N–C) groups is 1. The zero-order valence-corrected chi connectivity index (χ0v) is 17.9. The van der Waals surface area contributed by atoms with Gasteiger partial charge in [-0.05, 0) is 27.2 Å². The highest BCUT2D eigenvalue weighted by Gasteiger charge is 2.39. The molecule has 0 aromatic carbocycles. The van der Waals surface area contributed by atoms with Crippen LogP contribution in [0.15, 0.2) is 4.99 Å². The molecule has 0 aromatic rings. The largest absolute Gasteiger partial charge is 0.500 e. The van der Waals surface area contributed by atoms with Gasteiger partial charge in [-0.25, -0.2) is 0 Å². The number of rotatable bonds is 10. The molecule has 0 aromatic heterocycles. The molecule has 0 aliphatic rings. The third kappa shape index (κ3) is 8.43. The van der Waals surface area contributed by atoms with E-state index in [2.05, 4.69) is 41.5 Å². The van der Waals surface area contributed by atoms with Gasteiger partial charge in [0, 0.05) is 49.0 Å². The Hall–Kier alpha value is -0.233. The molecule has 0 fully saturated rings. The Morgan fingerprint density at radius 3 is 1.48 bits per heavy atom. The SMILES string of the molecule is CCO[Si](CCCN=C(C(C)(C)C)C(C)(C)C)(OCC)OCC. The van der Waals surface area contributed by atoms with Gasteiger partial charge in [-0.2, -0.15) is 0 Å². The Kier molecular flexibility index (Phi) is 9.82. The van der Waals surface area contributed by atoms with E-state index in [1.54, 1.807) is 0 Å². The molecule has 23 heavy (non-hydrogen) atoms. The normalized spacial score (nSPS) is 13.3. The molecular weight excluding hydrogens is 306 g/mol. The molecule has 0 rings (SSSR count). The van der Waals surface area contributed by atoms with Crippen LogP contribution >= 0.6 is 0 Å². The van der Waals surface area contributed by atoms with Crippen LogP contribution in [0, 0.1) is 10.8 Å². The fourth-order valence-electron chi connectivity index (χ4n) is 3.09. The summed E-state index contributed by atoms with van der Waals surface area (Å²) in [6, 6.07) is 0.827. The van der Waals surface area contributed by atoms with E-state index in [1.807, 2.05) is 20.8 Å². The highest BCUT2D eigenvalue weighted by molar-refractivity contribution is 6.60. The lowest BCUT2D eigenvalue weighted by Crippen LogP contribution is -2.46. The predicted octanol–water partition coefficient (Wildman–Crippen LogP) is 4.96. The van der Waals surface area contributed by atoms with Gasteiger partial charge in [-0.15, -0.1) is 0 Å². The summed E-state index contributed by atoms with van der Waals surface area (Å²) in [5.74, 6) is 0. The van der Waals surface area contributed by atoms with E-state index in [9.17, 15) is 0 Å². The maximum absolute atomic E-state index is 5.90. The standard InChI is InChI=1S/C18H39NO3Si/c1-10-20-23(21-11-2,22-12-3)15-13-14-19-16(17(4,5)6)18(7,8)9/h10-15H2,1-9H3. The highest BCUT2D eigenvalue weighted by Crippen LogP contribution is 2.30. The Morgan fingerprint density at radius 2 is 1.17 bits per heavy atom. The lowest BCUT2D eigenvalue weighted by atomic mass is 9.75. The summed E-state index contributed by atoms with van der Waals surface area (Å²) in [4.78, 5) is 4.92. The van der Waals surface area contributed by atoms with Crippen LogP contribution in [0.1, 0.15) is 68.7 Å². The van der Waals surface area contributed by atoms with E-state index >= 15 is 0 Å². The minimum Gasteiger partial charge on any atom is -0.374 e. The summed E-state index contributed by atoms with van der Waals surface area (Å²) in [6.07, 6.45) is 0.932. The first-order chi connectivity index (χ1) is 10.5. The second-order valence-corrected chi connectivity index (χ2v) is 10.5. The zero-order chi connectivity index (χ0) is 18.1. The lowest BCUT2D eigenvalue weighted by Gasteiger charge is -2.32. The fraction of sp³-hybridized carbons (Fsp3) is 0.944. The number of hydrogen-bond donors (Lipinski definition) is 0. The van der Waals surface area contributed by atoms with Crippen molar-refractivity contribution in [2.75, 3.05) is 26.4 Å². The first kappa shape index (κ1) is 22.8. The molecule has 0 spiro atoms.